The van der Waals surface area contributed by atoms with Gasteiger partial charge >= 0.3 is 5.97 Å². The van der Waals surface area contributed by atoms with Crippen LogP contribution in [0.25, 0.3) is 0 Å². The first-order valence-electron chi connectivity index (χ1n) is 5.67. The summed E-state index contributed by atoms with van der Waals surface area (Å²) in [5.41, 5.74) is 0.211. The van der Waals surface area contributed by atoms with Gasteiger partial charge in [0, 0.05) is 18.8 Å². The van der Waals surface area contributed by atoms with E-state index in [9.17, 15) is 9.59 Å². The number of aromatic nitrogens is 1. The summed E-state index contributed by atoms with van der Waals surface area (Å²) >= 11 is 0. The fourth-order valence-corrected chi connectivity index (χ4v) is 2.07. The van der Waals surface area contributed by atoms with E-state index in [-0.39, 0.29) is 11.6 Å². The molecule has 1 aliphatic rings. The maximum atomic E-state index is 12.2. The van der Waals surface area contributed by atoms with Gasteiger partial charge in [0.05, 0.1) is 7.11 Å². The molecule has 0 aromatic carbocycles. The van der Waals surface area contributed by atoms with Crippen molar-refractivity contribution in [1.82, 2.24) is 9.88 Å². The molecule has 1 aromatic heterocycles. The average molecular weight is 250 g/mol. The molecule has 1 amide bonds. The van der Waals surface area contributed by atoms with Crippen LogP contribution >= 0.6 is 0 Å². The van der Waals surface area contributed by atoms with Gasteiger partial charge in [-0.1, -0.05) is 0 Å². The van der Waals surface area contributed by atoms with Gasteiger partial charge in [0.2, 0.25) is 0 Å². The van der Waals surface area contributed by atoms with E-state index in [4.69, 9.17) is 9.84 Å². The molecule has 96 valence electrons. The number of rotatable bonds is 3. The van der Waals surface area contributed by atoms with Gasteiger partial charge in [-0.25, -0.2) is 4.79 Å². The van der Waals surface area contributed by atoms with Crippen LogP contribution in [0.2, 0.25) is 0 Å². The second-order valence-electron chi connectivity index (χ2n) is 4.08. The van der Waals surface area contributed by atoms with E-state index in [1.807, 2.05) is 0 Å². The monoisotopic (exact) mass is 250 g/mol. The van der Waals surface area contributed by atoms with Crippen molar-refractivity contribution < 1.29 is 19.4 Å². The van der Waals surface area contributed by atoms with E-state index in [1.54, 1.807) is 6.07 Å². The molecule has 1 fully saturated rings. The second-order valence-corrected chi connectivity index (χ2v) is 4.08. The van der Waals surface area contributed by atoms with Crippen molar-refractivity contribution >= 4 is 11.9 Å². The molecule has 6 nitrogen and oxygen atoms in total. The average Bonchev–Trinajstić information content (AvgIpc) is 2.87. The summed E-state index contributed by atoms with van der Waals surface area (Å²) in [6.45, 7) is 0.453. The highest BCUT2D eigenvalue weighted by Crippen LogP contribution is 2.21. The lowest BCUT2D eigenvalue weighted by atomic mass is 10.2. The maximum Gasteiger partial charge on any atom is 0.326 e. The lowest BCUT2D eigenvalue weighted by molar-refractivity contribution is -0.141. The molecule has 0 saturated carbocycles. The first kappa shape index (κ1) is 12.3. The summed E-state index contributed by atoms with van der Waals surface area (Å²) < 4.78 is 5.01. The Morgan fingerprint density at radius 2 is 2.33 bits per heavy atom. The summed E-state index contributed by atoms with van der Waals surface area (Å²) in [4.78, 5) is 28.5. The predicted molar refractivity (Wildman–Crippen MR) is 62.5 cm³/mol. The molecule has 2 heterocycles. The van der Waals surface area contributed by atoms with Crippen molar-refractivity contribution in [2.45, 2.75) is 18.9 Å². The Morgan fingerprint density at radius 1 is 1.56 bits per heavy atom. The Labute approximate surface area is 104 Å². The number of amides is 1. The molecule has 1 aromatic rings. The Kier molecular flexibility index (Phi) is 3.45. The molecule has 1 unspecified atom stereocenters. The molecule has 6 heteroatoms. The minimum atomic E-state index is -0.969. The Bertz CT molecular complexity index is 475. The van der Waals surface area contributed by atoms with Gasteiger partial charge < -0.3 is 14.7 Å². The van der Waals surface area contributed by atoms with Crippen LogP contribution in [0.1, 0.15) is 23.3 Å². The molecular weight excluding hydrogens is 236 g/mol. The third kappa shape index (κ3) is 2.27. The van der Waals surface area contributed by atoms with Gasteiger partial charge in [-0.3, -0.25) is 9.78 Å². The first-order valence-corrected chi connectivity index (χ1v) is 5.67. The van der Waals surface area contributed by atoms with Crippen molar-refractivity contribution in [3.63, 3.8) is 0 Å². The molecule has 0 aliphatic carbocycles. The zero-order valence-electron chi connectivity index (χ0n) is 10.00. The molecule has 0 bridgehead atoms. The quantitative estimate of drug-likeness (QED) is 0.857. The van der Waals surface area contributed by atoms with Gasteiger partial charge in [-0.2, -0.15) is 0 Å². The number of aliphatic carboxylic acids is 1. The van der Waals surface area contributed by atoms with E-state index >= 15 is 0 Å². The highest BCUT2D eigenvalue weighted by atomic mass is 16.5. The lowest BCUT2D eigenvalue weighted by Gasteiger charge is -2.20. The van der Waals surface area contributed by atoms with Crippen LogP contribution in [-0.4, -0.2) is 46.6 Å². The van der Waals surface area contributed by atoms with Crippen molar-refractivity contribution in [1.29, 1.82) is 0 Å². The summed E-state index contributed by atoms with van der Waals surface area (Å²) in [5.74, 6) is -0.804. The molecular formula is C12H14N2O4. The predicted octanol–water partition coefficient (Wildman–Crippen LogP) is 0.779. The van der Waals surface area contributed by atoms with E-state index < -0.39 is 12.0 Å². The number of carbonyl (C=O) groups is 2. The maximum absolute atomic E-state index is 12.2. The molecule has 1 aliphatic heterocycles. The Balaban J connectivity index is 2.22. The fourth-order valence-electron chi connectivity index (χ4n) is 2.07. The smallest absolute Gasteiger partial charge is 0.326 e. The van der Waals surface area contributed by atoms with Gasteiger partial charge in [0.15, 0.2) is 0 Å². The van der Waals surface area contributed by atoms with Crippen LogP contribution in [0.3, 0.4) is 0 Å². The zero-order chi connectivity index (χ0) is 13.1. The number of ether oxygens (including phenoxy) is 1. The molecule has 2 rings (SSSR count). The minimum absolute atomic E-state index is 0.211. The summed E-state index contributed by atoms with van der Waals surface area (Å²) in [5, 5.41) is 9.04. The van der Waals surface area contributed by atoms with Crippen molar-refractivity contribution in [3.05, 3.63) is 24.0 Å². The van der Waals surface area contributed by atoms with E-state index in [0.29, 0.717) is 25.1 Å². The molecule has 18 heavy (non-hydrogen) atoms. The van der Waals surface area contributed by atoms with Gasteiger partial charge in [-0.15, -0.1) is 0 Å². The topological polar surface area (TPSA) is 79.7 Å². The number of carboxylic acid groups (broad SMARTS) is 1. The number of carboxylic acids is 1. The van der Waals surface area contributed by atoms with Crippen LogP contribution in [0.15, 0.2) is 18.3 Å². The highest BCUT2D eigenvalue weighted by Gasteiger charge is 2.34. The normalized spacial score (nSPS) is 18.7. The number of carbonyl (C=O) groups excluding carboxylic acids is 1. The van der Waals surface area contributed by atoms with E-state index in [0.717, 1.165) is 0 Å². The molecule has 1 atom stereocenters. The van der Waals surface area contributed by atoms with Crippen molar-refractivity contribution in [2.24, 2.45) is 0 Å². The molecule has 1 saturated heterocycles. The number of hydrogen-bond acceptors (Lipinski definition) is 4. The van der Waals surface area contributed by atoms with Crippen LogP contribution in [0, 0.1) is 0 Å². The zero-order valence-corrected chi connectivity index (χ0v) is 10.00. The van der Waals surface area contributed by atoms with Gasteiger partial charge in [0.25, 0.3) is 5.91 Å². The molecule has 0 radical (unpaired) electrons. The highest BCUT2D eigenvalue weighted by molar-refractivity contribution is 5.95. The van der Waals surface area contributed by atoms with Crippen LogP contribution < -0.4 is 4.74 Å². The minimum Gasteiger partial charge on any atom is -0.497 e. The summed E-state index contributed by atoms with van der Waals surface area (Å²) in [6, 6.07) is 2.40. The second kappa shape index (κ2) is 5.03. The Hall–Kier alpha value is -2.11. The van der Waals surface area contributed by atoms with E-state index in [1.165, 1.54) is 24.3 Å². The summed E-state index contributed by atoms with van der Waals surface area (Å²) in [6.07, 6.45) is 2.66. The molecule has 0 spiro atoms. The van der Waals surface area contributed by atoms with Crippen molar-refractivity contribution in [3.8, 4) is 5.75 Å². The SMILES string of the molecule is COc1ccnc(C(=O)N2CCCC2C(=O)O)c1. The number of hydrogen-bond donors (Lipinski definition) is 1. The fraction of sp³-hybridized carbons (Fsp3) is 0.417. The summed E-state index contributed by atoms with van der Waals surface area (Å²) in [7, 11) is 1.50. The van der Waals surface area contributed by atoms with Gasteiger partial charge in [0.1, 0.15) is 17.5 Å². The standard InChI is InChI=1S/C12H14N2O4/c1-18-8-4-5-13-9(7-8)11(15)14-6-2-3-10(14)12(16)17/h4-5,7,10H,2-3,6H2,1H3,(H,16,17). The van der Waals surface area contributed by atoms with E-state index in [2.05, 4.69) is 4.98 Å². The van der Waals surface area contributed by atoms with Crippen LogP contribution in [0.5, 0.6) is 5.75 Å². The Morgan fingerprint density at radius 3 is 3.00 bits per heavy atom. The van der Waals surface area contributed by atoms with Gasteiger partial charge in [-0.05, 0) is 18.9 Å². The van der Waals surface area contributed by atoms with Crippen molar-refractivity contribution in [2.75, 3.05) is 13.7 Å². The third-order valence-corrected chi connectivity index (χ3v) is 2.98. The number of nitrogens with zero attached hydrogens (tertiary/aromatic N) is 2. The van der Waals surface area contributed by atoms with Crippen LogP contribution in [-0.2, 0) is 4.79 Å². The first-order chi connectivity index (χ1) is 8.63. The third-order valence-electron chi connectivity index (χ3n) is 2.98. The number of likely N-dealkylation sites (tertiary alicyclic amines) is 1. The van der Waals surface area contributed by atoms with Crippen LogP contribution in [0.4, 0.5) is 0 Å². The number of methoxy groups -OCH3 is 1. The largest absolute Gasteiger partial charge is 0.497 e. The molecule has 1 N–H and O–H groups in total. The number of pyridine rings is 1. The lowest BCUT2D eigenvalue weighted by Crippen LogP contribution is -2.40.